The second-order valence-corrected chi connectivity index (χ2v) is 4.26. The van der Waals surface area contributed by atoms with Crippen molar-refractivity contribution in [2.75, 3.05) is 0 Å². The summed E-state index contributed by atoms with van der Waals surface area (Å²) in [5.74, 6) is 1.99. The monoisotopic (exact) mass is 210 g/mol. The highest BCUT2D eigenvalue weighted by molar-refractivity contribution is 14.1. The van der Waals surface area contributed by atoms with E-state index in [4.69, 9.17) is 0 Å². The summed E-state index contributed by atoms with van der Waals surface area (Å²) in [5, 5.41) is 0. The van der Waals surface area contributed by atoms with E-state index in [2.05, 4.69) is 36.4 Å². The number of alkyl halides is 1. The molecule has 0 nitrogen and oxygen atoms in total. The van der Waals surface area contributed by atoms with Crippen LogP contribution >= 0.6 is 22.6 Å². The lowest BCUT2D eigenvalue weighted by atomic mass is 10.1. The normalized spacial score (nSPS) is 39.4. The molecule has 1 aliphatic rings. The Morgan fingerprint density at radius 1 is 1.57 bits per heavy atom. The molecule has 1 fully saturated rings. The summed E-state index contributed by atoms with van der Waals surface area (Å²) in [4.78, 5) is 0. The van der Waals surface area contributed by atoms with Crippen LogP contribution in [0.3, 0.4) is 0 Å². The van der Waals surface area contributed by atoms with Crippen LogP contribution in [0, 0.1) is 11.8 Å². The molecule has 0 N–H and O–H groups in total. The number of hydrogen-bond donors (Lipinski definition) is 0. The van der Waals surface area contributed by atoms with Crippen molar-refractivity contribution in [3.05, 3.63) is 0 Å². The van der Waals surface area contributed by atoms with Gasteiger partial charge in [0.25, 0.3) is 0 Å². The fourth-order valence-electron chi connectivity index (χ4n) is 0.871. The standard InChI is InChI=1S/C6H11I/c1-4(2)5-3-6(5)7/h4-6H,3H2,1-2H3/t5?,6-/m0/s1. The van der Waals surface area contributed by atoms with E-state index < -0.39 is 0 Å². The molecule has 0 bridgehead atoms. The van der Waals surface area contributed by atoms with E-state index in [-0.39, 0.29) is 0 Å². The molecule has 0 aliphatic heterocycles. The summed E-state index contributed by atoms with van der Waals surface area (Å²) in [6, 6.07) is 0. The summed E-state index contributed by atoms with van der Waals surface area (Å²) in [5.41, 5.74) is 0. The molecule has 7 heavy (non-hydrogen) atoms. The Kier molecular flexibility index (Phi) is 1.61. The molecule has 1 aliphatic carbocycles. The topological polar surface area (TPSA) is 0 Å². The van der Waals surface area contributed by atoms with Crippen molar-refractivity contribution in [1.29, 1.82) is 0 Å². The molecule has 0 heterocycles. The molecule has 42 valence electrons. The first-order chi connectivity index (χ1) is 3.22. The average molecular weight is 210 g/mol. The van der Waals surface area contributed by atoms with Crippen LogP contribution in [0.1, 0.15) is 20.3 Å². The van der Waals surface area contributed by atoms with Gasteiger partial charge < -0.3 is 0 Å². The van der Waals surface area contributed by atoms with Gasteiger partial charge in [0, 0.05) is 3.92 Å². The highest BCUT2D eigenvalue weighted by Gasteiger charge is 2.36. The molecule has 0 aromatic rings. The van der Waals surface area contributed by atoms with E-state index in [1.54, 1.807) is 0 Å². The molecular weight excluding hydrogens is 199 g/mol. The van der Waals surface area contributed by atoms with Gasteiger partial charge in [-0.25, -0.2) is 0 Å². The summed E-state index contributed by atoms with van der Waals surface area (Å²) in [6.07, 6.45) is 1.47. The van der Waals surface area contributed by atoms with Crippen molar-refractivity contribution in [3.63, 3.8) is 0 Å². The SMILES string of the molecule is CC(C)C1C[C@@H]1I. The molecule has 0 spiro atoms. The van der Waals surface area contributed by atoms with Gasteiger partial charge in [-0.15, -0.1) is 0 Å². The fourth-order valence-corrected chi connectivity index (χ4v) is 2.29. The third kappa shape index (κ3) is 1.31. The molecule has 0 aromatic heterocycles. The number of hydrogen-bond acceptors (Lipinski definition) is 0. The van der Waals surface area contributed by atoms with Gasteiger partial charge in [-0.05, 0) is 18.3 Å². The molecule has 1 unspecified atom stereocenters. The number of halogens is 1. The van der Waals surface area contributed by atoms with Gasteiger partial charge in [0.2, 0.25) is 0 Å². The summed E-state index contributed by atoms with van der Waals surface area (Å²) >= 11 is 2.53. The third-order valence-electron chi connectivity index (χ3n) is 1.62. The van der Waals surface area contributed by atoms with Gasteiger partial charge in [-0.2, -0.15) is 0 Å². The smallest absolute Gasteiger partial charge is 0.0144 e. The summed E-state index contributed by atoms with van der Waals surface area (Å²) in [6.45, 7) is 4.62. The van der Waals surface area contributed by atoms with Crippen LogP contribution in [0.25, 0.3) is 0 Å². The van der Waals surface area contributed by atoms with Gasteiger partial charge in [0.05, 0.1) is 0 Å². The summed E-state index contributed by atoms with van der Waals surface area (Å²) < 4.78 is 1.01. The largest absolute Gasteiger partial charge is 0.0823 e. The van der Waals surface area contributed by atoms with Crippen LogP contribution in [0.5, 0.6) is 0 Å². The van der Waals surface area contributed by atoms with Crippen molar-refractivity contribution in [3.8, 4) is 0 Å². The molecular formula is C6H11I. The Bertz CT molecular complexity index is 68.6. The second-order valence-electron chi connectivity index (χ2n) is 2.66. The van der Waals surface area contributed by atoms with Crippen molar-refractivity contribution in [1.82, 2.24) is 0 Å². The average Bonchev–Trinajstić information content (AvgIpc) is 2.17. The molecule has 1 saturated carbocycles. The first-order valence-electron chi connectivity index (χ1n) is 2.86. The highest BCUT2D eigenvalue weighted by Crippen LogP contribution is 2.43. The Balaban J connectivity index is 2.20. The van der Waals surface area contributed by atoms with Crippen molar-refractivity contribution < 1.29 is 0 Å². The van der Waals surface area contributed by atoms with Crippen LogP contribution in [-0.4, -0.2) is 3.92 Å². The Hall–Kier alpha value is 0.730. The zero-order valence-electron chi connectivity index (χ0n) is 4.82. The minimum Gasteiger partial charge on any atom is -0.0823 e. The van der Waals surface area contributed by atoms with E-state index in [1.165, 1.54) is 6.42 Å². The molecule has 0 saturated heterocycles. The van der Waals surface area contributed by atoms with Crippen LogP contribution in [-0.2, 0) is 0 Å². The molecule has 0 radical (unpaired) electrons. The van der Waals surface area contributed by atoms with Crippen molar-refractivity contribution in [2.24, 2.45) is 11.8 Å². The Morgan fingerprint density at radius 3 is 2.00 bits per heavy atom. The molecule has 0 amide bonds. The maximum atomic E-state index is 2.53. The van der Waals surface area contributed by atoms with Crippen LogP contribution in [0.4, 0.5) is 0 Å². The van der Waals surface area contributed by atoms with Gasteiger partial charge in [-0.1, -0.05) is 36.4 Å². The van der Waals surface area contributed by atoms with Crippen LogP contribution in [0.15, 0.2) is 0 Å². The lowest BCUT2D eigenvalue weighted by molar-refractivity contribution is 0.568. The zero-order valence-corrected chi connectivity index (χ0v) is 6.97. The lowest BCUT2D eigenvalue weighted by Gasteiger charge is -1.96. The zero-order chi connectivity index (χ0) is 5.44. The third-order valence-corrected chi connectivity index (χ3v) is 3.05. The van der Waals surface area contributed by atoms with Gasteiger partial charge >= 0.3 is 0 Å². The molecule has 2 atom stereocenters. The summed E-state index contributed by atoms with van der Waals surface area (Å²) in [7, 11) is 0. The molecule has 0 aromatic carbocycles. The van der Waals surface area contributed by atoms with Gasteiger partial charge in [0.1, 0.15) is 0 Å². The lowest BCUT2D eigenvalue weighted by Crippen LogP contribution is -1.89. The minimum atomic E-state index is 0.932. The first kappa shape index (κ1) is 5.86. The Labute approximate surface area is 58.8 Å². The highest BCUT2D eigenvalue weighted by atomic mass is 127. The number of rotatable bonds is 1. The maximum absolute atomic E-state index is 2.53. The van der Waals surface area contributed by atoms with Gasteiger partial charge in [-0.3, -0.25) is 0 Å². The van der Waals surface area contributed by atoms with Crippen molar-refractivity contribution in [2.45, 2.75) is 24.2 Å². The molecule has 1 heteroatoms. The fraction of sp³-hybridized carbons (Fsp3) is 1.00. The quantitative estimate of drug-likeness (QED) is 0.460. The van der Waals surface area contributed by atoms with E-state index in [0.29, 0.717) is 0 Å². The van der Waals surface area contributed by atoms with Crippen LogP contribution < -0.4 is 0 Å². The van der Waals surface area contributed by atoms with E-state index in [0.717, 1.165) is 15.8 Å². The van der Waals surface area contributed by atoms with E-state index in [9.17, 15) is 0 Å². The molecule has 1 rings (SSSR count). The predicted octanol–water partition coefficient (Wildman–Crippen LogP) is 2.47. The predicted molar refractivity (Wildman–Crippen MR) is 40.8 cm³/mol. The maximum Gasteiger partial charge on any atom is 0.0144 e. The van der Waals surface area contributed by atoms with E-state index >= 15 is 0 Å². The van der Waals surface area contributed by atoms with Crippen LogP contribution in [0.2, 0.25) is 0 Å². The Morgan fingerprint density at radius 2 is 2.00 bits per heavy atom. The van der Waals surface area contributed by atoms with Crippen molar-refractivity contribution >= 4 is 22.6 Å². The van der Waals surface area contributed by atoms with E-state index in [1.807, 2.05) is 0 Å². The first-order valence-corrected chi connectivity index (χ1v) is 4.10. The second kappa shape index (κ2) is 1.92. The minimum absolute atomic E-state index is 0.932. The van der Waals surface area contributed by atoms with Gasteiger partial charge in [0.15, 0.2) is 0 Å².